The fourth-order valence-electron chi connectivity index (χ4n) is 3.39. The van der Waals surface area contributed by atoms with Gasteiger partial charge in [-0.1, -0.05) is 49.7 Å². The first-order valence-electron chi connectivity index (χ1n) is 9.35. The quantitative estimate of drug-likeness (QED) is 0.746. The second-order valence-corrected chi connectivity index (χ2v) is 10.6. The molecule has 1 aliphatic rings. The molecule has 1 heterocycles. The summed E-state index contributed by atoms with van der Waals surface area (Å²) < 4.78 is 29.5. The second kappa shape index (κ2) is 7.99. The summed E-state index contributed by atoms with van der Waals surface area (Å²) in [7, 11) is -3.88. The van der Waals surface area contributed by atoms with E-state index in [1.807, 2.05) is 32.9 Å². The smallest absolute Gasteiger partial charge is 0.234 e. The lowest BCUT2D eigenvalue weighted by molar-refractivity contribution is 0.309. The predicted octanol–water partition coefficient (Wildman–Crippen LogP) is 3.71. The number of nitrogens with two attached hydrogens (primary N) is 1. The van der Waals surface area contributed by atoms with Crippen molar-refractivity contribution in [3.8, 4) is 6.07 Å². The van der Waals surface area contributed by atoms with E-state index < -0.39 is 15.4 Å². The number of aromatic nitrogens is 2. The summed E-state index contributed by atoms with van der Waals surface area (Å²) in [4.78, 5) is 4.60. The molecule has 1 atom stereocenters. The van der Waals surface area contributed by atoms with Crippen molar-refractivity contribution >= 4 is 21.6 Å². The zero-order valence-electron chi connectivity index (χ0n) is 17.0. The van der Waals surface area contributed by atoms with Crippen LogP contribution in [0.2, 0.25) is 0 Å². The molecule has 0 saturated carbocycles. The van der Waals surface area contributed by atoms with E-state index >= 15 is 0 Å². The summed E-state index contributed by atoms with van der Waals surface area (Å²) in [5, 5.41) is 19.0. The van der Waals surface area contributed by atoms with Gasteiger partial charge in [0, 0.05) is 22.3 Å². The van der Waals surface area contributed by atoms with Crippen molar-refractivity contribution in [2.24, 2.45) is 10.6 Å². The number of nitriles is 1. The Morgan fingerprint density at radius 1 is 1.23 bits per heavy atom. The molecule has 30 heavy (non-hydrogen) atoms. The van der Waals surface area contributed by atoms with Crippen LogP contribution in [0.4, 0.5) is 0 Å². The van der Waals surface area contributed by atoms with Gasteiger partial charge in [0.1, 0.15) is 0 Å². The van der Waals surface area contributed by atoms with Crippen LogP contribution in [0.15, 0.2) is 50.9 Å². The van der Waals surface area contributed by atoms with Crippen molar-refractivity contribution in [1.29, 1.82) is 5.26 Å². The highest BCUT2D eigenvalue weighted by molar-refractivity contribution is 7.93. The maximum absolute atomic E-state index is 12.1. The molecule has 0 fully saturated rings. The molecule has 3 rings (SSSR count). The average Bonchev–Trinajstić information content (AvgIpc) is 3.12. The third kappa shape index (κ3) is 4.81. The molecule has 1 aromatic carbocycles. The van der Waals surface area contributed by atoms with Gasteiger partial charge in [0.2, 0.25) is 15.9 Å². The molecule has 2 N–H and O–H groups in total. The lowest BCUT2D eigenvalue weighted by atomic mass is 9.73. The van der Waals surface area contributed by atoms with Crippen LogP contribution >= 0.6 is 11.6 Å². The summed E-state index contributed by atoms with van der Waals surface area (Å²) >= 11 is 6.65. The molecule has 1 aromatic heterocycles. The number of primary sulfonamides is 1. The third-order valence-corrected chi connectivity index (χ3v) is 6.57. The first-order valence-corrected chi connectivity index (χ1v) is 11.3. The zero-order chi connectivity index (χ0) is 22.2. The second-order valence-electron chi connectivity index (χ2n) is 8.58. The maximum atomic E-state index is 12.1. The molecule has 0 aliphatic heterocycles. The Hall–Kier alpha value is -2.47. The Labute approximate surface area is 181 Å². The number of nitrogens with zero attached hydrogens (tertiary/aromatic N) is 3. The molecule has 0 spiro atoms. The monoisotopic (exact) mass is 446 g/mol. The van der Waals surface area contributed by atoms with Crippen LogP contribution in [-0.2, 0) is 28.3 Å². The Kier molecular flexibility index (Phi) is 5.92. The molecule has 2 aromatic rings. The first-order chi connectivity index (χ1) is 13.9. The van der Waals surface area contributed by atoms with Crippen LogP contribution in [0.3, 0.4) is 0 Å². The van der Waals surface area contributed by atoms with Crippen molar-refractivity contribution in [2.45, 2.75) is 45.4 Å². The molecule has 0 amide bonds. The van der Waals surface area contributed by atoms with Gasteiger partial charge in [0.05, 0.1) is 16.5 Å². The topological polar surface area (TPSA) is 123 Å². The van der Waals surface area contributed by atoms with Gasteiger partial charge in [-0.15, -0.1) is 0 Å². The minimum atomic E-state index is -3.88. The van der Waals surface area contributed by atoms with E-state index in [0.29, 0.717) is 28.7 Å². The number of benzene rings is 1. The Bertz CT molecular complexity index is 1150. The van der Waals surface area contributed by atoms with Crippen LogP contribution in [-0.4, -0.2) is 18.6 Å². The van der Waals surface area contributed by atoms with Crippen molar-refractivity contribution in [3.63, 3.8) is 0 Å². The predicted molar refractivity (Wildman–Crippen MR) is 114 cm³/mol. The molecule has 158 valence electrons. The summed E-state index contributed by atoms with van der Waals surface area (Å²) in [6, 6.07) is 9.17. The van der Waals surface area contributed by atoms with Gasteiger partial charge >= 0.3 is 0 Å². The van der Waals surface area contributed by atoms with E-state index in [-0.39, 0.29) is 23.2 Å². The van der Waals surface area contributed by atoms with E-state index in [0.717, 1.165) is 5.56 Å². The van der Waals surface area contributed by atoms with Crippen molar-refractivity contribution in [2.75, 3.05) is 0 Å². The van der Waals surface area contributed by atoms with Gasteiger partial charge in [-0.3, -0.25) is 0 Å². The molecular weight excluding hydrogens is 424 g/mol. The van der Waals surface area contributed by atoms with Crippen LogP contribution < -0.4 is 5.14 Å². The van der Waals surface area contributed by atoms with Crippen LogP contribution in [0.5, 0.6) is 0 Å². The van der Waals surface area contributed by atoms with Crippen molar-refractivity contribution in [3.05, 3.63) is 69.2 Å². The minimum Gasteiger partial charge on any atom is -0.339 e. The lowest BCUT2D eigenvalue weighted by Crippen LogP contribution is -2.33. The van der Waals surface area contributed by atoms with Crippen LogP contribution in [0.1, 0.15) is 50.0 Å². The van der Waals surface area contributed by atoms with Crippen LogP contribution in [0, 0.1) is 16.7 Å². The van der Waals surface area contributed by atoms with Gasteiger partial charge in [0.15, 0.2) is 5.82 Å². The van der Waals surface area contributed by atoms with Gasteiger partial charge in [-0.25, -0.2) is 13.6 Å². The van der Waals surface area contributed by atoms with E-state index in [2.05, 4.69) is 16.2 Å². The summed E-state index contributed by atoms with van der Waals surface area (Å²) in [5.74, 6) is 0.930. The molecular formula is C21H23ClN4O3S. The fraction of sp³-hybridized carbons (Fsp3) is 0.381. The fourth-order valence-corrected chi connectivity index (χ4v) is 4.39. The summed E-state index contributed by atoms with van der Waals surface area (Å²) in [6.07, 6.45) is 3.81. The number of rotatable bonds is 5. The lowest BCUT2D eigenvalue weighted by Gasteiger charge is -2.35. The zero-order valence-corrected chi connectivity index (χ0v) is 18.6. The third-order valence-electron chi connectivity index (χ3n) is 5.03. The Morgan fingerprint density at radius 3 is 2.43 bits per heavy atom. The number of sulfonamides is 1. The highest BCUT2D eigenvalue weighted by Gasteiger charge is 2.40. The molecule has 0 radical (unpaired) electrons. The van der Waals surface area contributed by atoms with E-state index in [1.54, 1.807) is 18.2 Å². The summed E-state index contributed by atoms with van der Waals surface area (Å²) in [6.45, 7) is 5.89. The highest BCUT2D eigenvalue weighted by Crippen LogP contribution is 2.46. The Morgan fingerprint density at radius 2 is 1.90 bits per heavy atom. The first kappa shape index (κ1) is 22.2. The van der Waals surface area contributed by atoms with Gasteiger partial charge in [0.25, 0.3) is 0 Å². The minimum absolute atomic E-state index is 0.0973. The average molecular weight is 447 g/mol. The maximum Gasteiger partial charge on any atom is 0.234 e. The number of hydrogen-bond donors (Lipinski definition) is 1. The van der Waals surface area contributed by atoms with Gasteiger partial charge < -0.3 is 4.52 Å². The van der Waals surface area contributed by atoms with E-state index in [4.69, 9.17) is 26.5 Å². The largest absolute Gasteiger partial charge is 0.339 e. The molecule has 1 unspecified atom stereocenters. The number of halogens is 1. The normalized spacial score (nSPS) is 19.7. The highest BCUT2D eigenvalue weighted by atomic mass is 35.5. The summed E-state index contributed by atoms with van der Waals surface area (Å²) in [5.41, 5.74) is 0.307. The van der Waals surface area contributed by atoms with Crippen molar-refractivity contribution in [1.82, 2.24) is 10.1 Å². The van der Waals surface area contributed by atoms with Crippen LogP contribution in [0.25, 0.3) is 0 Å². The molecule has 1 aliphatic carbocycles. The standard InChI is InChI=1S/C21H23ClN4O3S/c1-20(2,3)19-25-18(26-29-19)12-21(10-14-4-6-15(13-23)7-5-14)11-16(30(24,27)28)8-9-17(21)22/h4-9H,10-12H2,1-3H3,(H2,24,27,28). The number of allylic oxidation sites excluding steroid dienone is 4. The SMILES string of the molecule is CC(C)(C)c1nc(CC2(Cc3ccc(C#N)cc3)CC(S(N)(=O)=O)=CC=C2Cl)no1. The molecule has 0 saturated heterocycles. The van der Waals surface area contributed by atoms with E-state index in [1.165, 1.54) is 6.08 Å². The molecule has 7 nitrogen and oxygen atoms in total. The molecule has 9 heteroatoms. The molecule has 0 bridgehead atoms. The number of hydrogen-bond acceptors (Lipinski definition) is 6. The van der Waals surface area contributed by atoms with Gasteiger partial charge in [-0.05, 0) is 42.7 Å². The van der Waals surface area contributed by atoms with Crippen molar-refractivity contribution < 1.29 is 12.9 Å². The Balaban J connectivity index is 2.02. The van der Waals surface area contributed by atoms with E-state index in [9.17, 15) is 8.42 Å². The van der Waals surface area contributed by atoms with Gasteiger partial charge in [-0.2, -0.15) is 10.2 Å².